The van der Waals surface area contributed by atoms with Gasteiger partial charge in [-0.05, 0) is 25.5 Å². The molecule has 0 aromatic carbocycles. The number of nitrogens with zero attached hydrogens (tertiary/aromatic N) is 2. The maximum Gasteiger partial charge on any atom is 0.250 e. The summed E-state index contributed by atoms with van der Waals surface area (Å²) in [7, 11) is 2.18. The molecule has 0 N–H and O–H groups in total. The molecular weight excluding hydrogens is 315 g/mol. The third kappa shape index (κ3) is 1.93. The summed E-state index contributed by atoms with van der Waals surface area (Å²) in [5.74, 6) is 1.23. The van der Waals surface area contributed by atoms with Crippen molar-refractivity contribution in [1.29, 1.82) is 0 Å². The van der Waals surface area contributed by atoms with Gasteiger partial charge in [-0.15, -0.1) is 24.0 Å². The van der Waals surface area contributed by atoms with Crippen molar-refractivity contribution in [3.8, 4) is 0 Å². The highest BCUT2D eigenvalue weighted by Gasteiger charge is 2.32. The predicted molar refractivity (Wildman–Crippen MR) is 74.5 cm³/mol. The van der Waals surface area contributed by atoms with Crippen LogP contribution in [0.15, 0.2) is 23.0 Å². The lowest BCUT2D eigenvalue weighted by molar-refractivity contribution is 0.145. The van der Waals surface area contributed by atoms with E-state index in [1.807, 2.05) is 10.6 Å². The minimum absolute atomic E-state index is 0. The molecule has 1 fully saturated rings. The zero-order valence-corrected chi connectivity index (χ0v) is 11.8. The Kier molecular flexibility index (Phi) is 3.39. The van der Waals surface area contributed by atoms with Crippen molar-refractivity contribution in [3.63, 3.8) is 0 Å². The Hall–Kier alpha value is -0.360. The maximum atomic E-state index is 11.7. The Labute approximate surface area is 112 Å². The molecule has 0 radical (unpaired) electrons. The highest BCUT2D eigenvalue weighted by molar-refractivity contribution is 14.0. The fourth-order valence-corrected chi connectivity index (χ4v) is 3.14. The summed E-state index contributed by atoms with van der Waals surface area (Å²) >= 11 is 0. The zero-order valence-electron chi connectivity index (χ0n) is 9.43. The lowest BCUT2D eigenvalue weighted by Gasteiger charge is -2.41. The Bertz CT molecular complexity index is 443. The molecular formula is C12H17IN2O. The molecule has 16 heavy (non-hydrogen) atoms. The van der Waals surface area contributed by atoms with E-state index in [9.17, 15) is 4.79 Å². The molecule has 1 saturated heterocycles. The Morgan fingerprint density at radius 3 is 2.88 bits per heavy atom. The van der Waals surface area contributed by atoms with Crippen LogP contribution in [0.5, 0.6) is 0 Å². The van der Waals surface area contributed by atoms with Crippen molar-refractivity contribution in [2.24, 2.45) is 5.92 Å². The number of rotatable bonds is 0. The SMILES string of the molecule is CN1CC2CC(C1)c1cccc(=O)n1C2.I. The molecule has 3 heterocycles. The molecule has 2 aliphatic rings. The molecule has 2 aliphatic heterocycles. The van der Waals surface area contributed by atoms with Crippen molar-refractivity contribution >= 4 is 24.0 Å². The summed E-state index contributed by atoms with van der Waals surface area (Å²) < 4.78 is 1.98. The monoisotopic (exact) mass is 332 g/mol. The number of hydrogen-bond acceptors (Lipinski definition) is 2. The van der Waals surface area contributed by atoms with E-state index < -0.39 is 0 Å². The summed E-state index contributed by atoms with van der Waals surface area (Å²) in [6.07, 6.45) is 1.26. The number of pyridine rings is 1. The van der Waals surface area contributed by atoms with Gasteiger partial charge in [0.15, 0.2) is 0 Å². The van der Waals surface area contributed by atoms with Gasteiger partial charge in [-0.25, -0.2) is 0 Å². The van der Waals surface area contributed by atoms with E-state index in [-0.39, 0.29) is 29.5 Å². The topological polar surface area (TPSA) is 25.2 Å². The van der Waals surface area contributed by atoms with Crippen LogP contribution in [0, 0.1) is 5.92 Å². The van der Waals surface area contributed by atoms with Gasteiger partial charge < -0.3 is 9.47 Å². The molecule has 88 valence electrons. The second-order valence-electron chi connectivity index (χ2n) is 4.92. The molecule has 0 aliphatic carbocycles. The van der Waals surface area contributed by atoms with E-state index in [2.05, 4.69) is 18.0 Å². The fourth-order valence-electron chi connectivity index (χ4n) is 3.14. The number of likely N-dealkylation sites (N-methyl/N-ethyl adjacent to an activating group) is 1. The zero-order chi connectivity index (χ0) is 10.4. The molecule has 3 nitrogen and oxygen atoms in total. The van der Waals surface area contributed by atoms with E-state index in [1.165, 1.54) is 12.1 Å². The molecule has 4 heteroatoms. The highest BCUT2D eigenvalue weighted by Crippen LogP contribution is 2.33. The Morgan fingerprint density at radius 1 is 1.25 bits per heavy atom. The second-order valence-corrected chi connectivity index (χ2v) is 4.92. The maximum absolute atomic E-state index is 11.7. The van der Waals surface area contributed by atoms with Gasteiger partial charge in [-0.3, -0.25) is 4.79 Å². The second kappa shape index (κ2) is 4.49. The van der Waals surface area contributed by atoms with Crippen LogP contribution in [0.2, 0.25) is 0 Å². The third-order valence-electron chi connectivity index (χ3n) is 3.66. The number of fused-ring (bicyclic) bond motifs is 4. The van der Waals surface area contributed by atoms with Crippen LogP contribution in [0.4, 0.5) is 0 Å². The van der Waals surface area contributed by atoms with E-state index >= 15 is 0 Å². The van der Waals surface area contributed by atoms with Gasteiger partial charge in [0.2, 0.25) is 0 Å². The molecule has 0 saturated carbocycles. The molecule has 2 unspecified atom stereocenters. The average Bonchev–Trinajstić information content (AvgIpc) is 2.19. The van der Waals surface area contributed by atoms with Crippen molar-refractivity contribution in [3.05, 3.63) is 34.2 Å². The molecule has 2 bridgehead atoms. The van der Waals surface area contributed by atoms with Gasteiger partial charge in [0.25, 0.3) is 5.56 Å². The third-order valence-corrected chi connectivity index (χ3v) is 3.66. The lowest BCUT2D eigenvalue weighted by atomic mass is 9.83. The summed E-state index contributed by atoms with van der Waals surface area (Å²) in [5.41, 5.74) is 1.41. The average molecular weight is 332 g/mol. The van der Waals surface area contributed by atoms with Gasteiger partial charge in [-0.1, -0.05) is 6.07 Å². The number of aromatic nitrogens is 1. The van der Waals surface area contributed by atoms with Crippen LogP contribution in [0.3, 0.4) is 0 Å². The van der Waals surface area contributed by atoms with E-state index in [0.717, 1.165) is 19.6 Å². The Balaban J connectivity index is 0.000000963. The molecule has 1 aromatic heterocycles. The van der Waals surface area contributed by atoms with Crippen molar-refractivity contribution in [2.45, 2.75) is 18.9 Å². The first-order valence-electron chi connectivity index (χ1n) is 5.62. The smallest absolute Gasteiger partial charge is 0.250 e. The van der Waals surface area contributed by atoms with Gasteiger partial charge in [0.1, 0.15) is 0 Å². The minimum atomic E-state index is 0. The fraction of sp³-hybridized carbons (Fsp3) is 0.583. The normalized spacial score (nSPS) is 28.1. The lowest BCUT2D eigenvalue weighted by Crippen LogP contribution is -2.45. The predicted octanol–water partition coefficient (Wildman–Crippen LogP) is 1.52. The van der Waals surface area contributed by atoms with E-state index in [0.29, 0.717) is 11.8 Å². The summed E-state index contributed by atoms with van der Waals surface area (Å²) in [4.78, 5) is 14.1. The van der Waals surface area contributed by atoms with Crippen molar-refractivity contribution < 1.29 is 0 Å². The van der Waals surface area contributed by atoms with Crippen molar-refractivity contribution in [2.75, 3.05) is 20.1 Å². The summed E-state index contributed by atoms with van der Waals surface area (Å²) in [6, 6.07) is 5.68. The largest absolute Gasteiger partial charge is 0.312 e. The van der Waals surface area contributed by atoms with Crippen molar-refractivity contribution in [1.82, 2.24) is 9.47 Å². The minimum Gasteiger partial charge on any atom is -0.312 e. The number of hydrogen-bond donors (Lipinski definition) is 0. The first kappa shape index (κ1) is 12.1. The standard InChI is InChI=1S/C12H16N2O.HI/c1-13-6-9-5-10(8-13)11-3-2-4-12(15)14(11)7-9;/h2-4,9-10H,5-8H2,1H3;1H. The van der Waals surface area contributed by atoms with Gasteiger partial charge in [0.05, 0.1) is 0 Å². The van der Waals surface area contributed by atoms with Gasteiger partial charge >= 0.3 is 0 Å². The van der Waals surface area contributed by atoms with Crippen LogP contribution in [0.25, 0.3) is 0 Å². The van der Waals surface area contributed by atoms with Crippen LogP contribution < -0.4 is 5.56 Å². The molecule has 1 aromatic rings. The summed E-state index contributed by atoms with van der Waals surface area (Å²) in [5, 5.41) is 0. The summed E-state index contributed by atoms with van der Waals surface area (Å²) in [6.45, 7) is 3.15. The highest BCUT2D eigenvalue weighted by atomic mass is 127. The van der Waals surface area contributed by atoms with Gasteiger partial charge in [0, 0.05) is 37.3 Å². The number of piperidine rings is 1. The molecule has 2 atom stereocenters. The molecule has 3 rings (SSSR count). The first-order chi connectivity index (χ1) is 7.24. The molecule has 0 amide bonds. The quantitative estimate of drug-likeness (QED) is 0.673. The van der Waals surface area contributed by atoms with Crippen LogP contribution >= 0.6 is 24.0 Å². The van der Waals surface area contributed by atoms with Crippen LogP contribution in [-0.4, -0.2) is 29.6 Å². The van der Waals surface area contributed by atoms with Crippen LogP contribution in [0.1, 0.15) is 18.0 Å². The molecule has 0 spiro atoms. The van der Waals surface area contributed by atoms with E-state index in [1.54, 1.807) is 6.07 Å². The Morgan fingerprint density at radius 2 is 2.06 bits per heavy atom. The number of halogens is 1. The van der Waals surface area contributed by atoms with Crippen LogP contribution in [-0.2, 0) is 6.54 Å². The number of likely N-dealkylation sites (tertiary alicyclic amines) is 1. The van der Waals surface area contributed by atoms with Gasteiger partial charge in [-0.2, -0.15) is 0 Å². The first-order valence-corrected chi connectivity index (χ1v) is 5.62. The van der Waals surface area contributed by atoms with E-state index in [4.69, 9.17) is 0 Å².